The first-order chi connectivity index (χ1) is 15.9. The van der Waals surface area contributed by atoms with Gasteiger partial charge in [0.1, 0.15) is 5.75 Å². The summed E-state index contributed by atoms with van der Waals surface area (Å²) in [5, 5.41) is 0.884. The van der Waals surface area contributed by atoms with E-state index in [1.165, 1.54) is 13.2 Å². The van der Waals surface area contributed by atoms with Crippen molar-refractivity contribution < 1.29 is 18.9 Å². The Morgan fingerprint density at radius 2 is 1.38 bits per heavy atom. The van der Waals surface area contributed by atoms with Crippen LogP contribution in [0.25, 0.3) is 0 Å². The van der Waals surface area contributed by atoms with Crippen molar-refractivity contribution in [2.24, 2.45) is 0 Å². The van der Waals surface area contributed by atoms with E-state index < -0.39 is 12.7 Å². The number of carbonyl (C=O) groups excluding carboxylic acids is 2. The molecule has 0 saturated heterocycles. The van der Waals surface area contributed by atoms with Gasteiger partial charge in [-0.3, -0.25) is 9.59 Å². The summed E-state index contributed by atoms with van der Waals surface area (Å²) in [5.41, 5.74) is 1.53. The van der Waals surface area contributed by atoms with Gasteiger partial charge in [-0.15, -0.1) is 0 Å². The minimum atomic E-state index is -3.40. The van der Waals surface area contributed by atoms with E-state index in [0.717, 1.165) is 5.56 Å². The first-order valence-electron chi connectivity index (χ1n) is 10.9. The lowest BCUT2D eigenvalue weighted by molar-refractivity contribution is 0.103. The highest BCUT2D eigenvalue weighted by atomic mass is 35.5. The fourth-order valence-corrected chi connectivity index (χ4v) is 6.26. The third kappa shape index (κ3) is 5.00. The lowest BCUT2D eigenvalue weighted by Gasteiger charge is -2.20. The van der Waals surface area contributed by atoms with E-state index in [0.29, 0.717) is 16.4 Å². The molecule has 3 aromatic rings. The highest BCUT2D eigenvalue weighted by molar-refractivity contribution is 7.87. The molecule has 0 amide bonds. The van der Waals surface area contributed by atoms with Crippen molar-refractivity contribution in [2.75, 3.05) is 13.3 Å². The van der Waals surface area contributed by atoms with Crippen LogP contribution in [-0.4, -0.2) is 24.6 Å². The van der Waals surface area contributed by atoms with Gasteiger partial charge in [0.15, 0.2) is 12.9 Å². The fraction of sp³-hybridized carbons (Fsp3) is 0.259. The molecule has 3 aromatic carbocycles. The SMILES string of the molecule is CCP(=O)(C(=O)c1ccc(C(C)(C)C)cc1)c1ccc(C(=O)c2c(Cl)ccc(Cl)c2OC)cc1. The molecular weight excluding hydrogens is 490 g/mol. The maximum atomic E-state index is 13.8. The van der Waals surface area contributed by atoms with Crippen LogP contribution < -0.4 is 10.0 Å². The van der Waals surface area contributed by atoms with E-state index >= 15 is 0 Å². The minimum Gasteiger partial charge on any atom is -0.494 e. The molecule has 1 unspecified atom stereocenters. The molecule has 0 fully saturated rings. The molecule has 0 spiro atoms. The predicted molar refractivity (Wildman–Crippen MR) is 140 cm³/mol. The Labute approximate surface area is 210 Å². The van der Waals surface area contributed by atoms with Gasteiger partial charge in [-0.1, -0.05) is 99.4 Å². The van der Waals surface area contributed by atoms with Crippen LogP contribution in [0.5, 0.6) is 5.75 Å². The second-order valence-corrected chi connectivity index (χ2v) is 12.9. The van der Waals surface area contributed by atoms with Crippen LogP contribution >= 0.6 is 30.3 Å². The summed E-state index contributed by atoms with van der Waals surface area (Å²) >= 11 is 12.4. The van der Waals surface area contributed by atoms with Crippen LogP contribution in [0.4, 0.5) is 0 Å². The Bertz CT molecular complexity index is 1270. The van der Waals surface area contributed by atoms with Crippen LogP contribution in [0.2, 0.25) is 10.0 Å². The number of hydrogen-bond donors (Lipinski definition) is 0. The molecular formula is C27H27Cl2O4P. The van der Waals surface area contributed by atoms with Crippen LogP contribution in [0.1, 0.15) is 59.5 Å². The quantitative estimate of drug-likeness (QED) is 0.242. The van der Waals surface area contributed by atoms with Gasteiger partial charge in [-0.05, 0) is 23.1 Å². The normalized spacial score (nSPS) is 13.3. The molecule has 0 heterocycles. The molecule has 0 radical (unpaired) electrons. The zero-order chi connectivity index (χ0) is 25.3. The molecule has 7 heteroatoms. The van der Waals surface area contributed by atoms with Crippen molar-refractivity contribution in [1.29, 1.82) is 0 Å². The number of ether oxygens (including phenoxy) is 1. The number of halogens is 2. The molecule has 0 N–H and O–H groups in total. The summed E-state index contributed by atoms with van der Waals surface area (Å²) in [4.78, 5) is 26.4. The number of methoxy groups -OCH3 is 1. The molecule has 4 nitrogen and oxygen atoms in total. The molecule has 3 rings (SSSR count). The monoisotopic (exact) mass is 516 g/mol. The highest BCUT2D eigenvalue weighted by Crippen LogP contribution is 2.47. The van der Waals surface area contributed by atoms with Gasteiger partial charge < -0.3 is 9.30 Å². The van der Waals surface area contributed by atoms with E-state index in [9.17, 15) is 14.2 Å². The lowest BCUT2D eigenvalue weighted by Crippen LogP contribution is -2.17. The summed E-state index contributed by atoms with van der Waals surface area (Å²) in [6.45, 7) is 8.01. The third-order valence-corrected chi connectivity index (χ3v) is 9.36. The van der Waals surface area contributed by atoms with Crippen LogP contribution in [0, 0.1) is 0 Å². The number of rotatable bonds is 7. The standard InChI is InChI=1S/C27H27Cl2O4P/c1-6-34(32,26(31)18-7-11-19(12-8-18)27(2,3)4)20-13-9-17(10-14-20)24(30)23-21(28)15-16-22(29)25(23)33-5/h7-16H,6H2,1-5H3. The first-order valence-corrected chi connectivity index (χ1v) is 13.5. The number of ketones is 1. The molecule has 178 valence electrons. The number of benzene rings is 3. The average Bonchev–Trinajstić information content (AvgIpc) is 2.83. The molecule has 34 heavy (non-hydrogen) atoms. The molecule has 0 bridgehead atoms. The summed E-state index contributed by atoms with van der Waals surface area (Å²) in [6.07, 6.45) is 0.175. The van der Waals surface area contributed by atoms with Crippen molar-refractivity contribution in [3.8, 4) is 5.75 Å². The number of carbonyl (C=O) groups is 2. The fourth-order valence-electron chi connectivity index (χ4n) is 3.71. The maximum absolute atomic E-state index is 13.8. The number of hydrogen-bond acceptors (Lipinski definition) is 4. The maximum Gasteiger partial charge on any atom is 0.225 e. The molecule has 0 aliphatic carbocycles. The molecule has 0 aliphatic rings. The Morgan fingerprint density at radius 3 is 1.88 bits per heavy atom. The second-order valence-electron chi connectivity index (χ2n) is 9.00. The Morgan fingerprint density at radius 1 is 0.853 bits per heavy atom. The van der Waals surface area contributed by atoms with E-state index in [1.54, 1.807) is 49.4 Å². The van der Waals surface area contributed by atoms with Gasteiger partial charge in [0.25, 0.3) is 0 Å². The Hall–Kier alpha value is -2.39. The van der Waals surface area contributed by atoms with Gasteiger partial charge in [0.05, 0.1) is 22.7 Å². The third-order valence-electron chi connectivity index (χ3n) is 5.81. The minimum absolute atomic E-state index is 0.0487. The molecule has 0 saturated carbocycles. The van der Waals surface area contributed by atoms with Crippen LogP contribution in [0.3, 0.4) is 0 Å². The van der Waals surface area contributed by atoms with Crippen LogP contribution in [0.15, 0.2) is 60.7 Å². The van der Waals surface area contributed by atoms with E-state index in [1.807, 2.05) is 12.1 Å². The van der Waals surface area contributed by atoms with Crippen molar-refractivity contribution in [3.05, 3.63) is 93.0 Å². The van der Waals surface area contributed by atoms with Gasteiger partial charge in [0, 0.05) is 22.6 Å². The van der Waals surface area contributed by atoms with E-state index in [-0.39, 0.29) is 38.7 Å². The van der Waals surface area contributed by atoms with E-state index in [2.05, 4.69) is 20.8 Å². The van der Waals surface area contributed by atoms with Crippen molar-refractivity contribution >= 4 is 47.0 Å². The summed E-state index contributed by atoms with van der Waals surface area (Å²) in [6, 6.07) is 16.6. The largest absolute Gasteiger partial charge is 0.494 e. The van der Waals surface area contributed by atoms with Crippen molar-refractivity contribution in [1.82, 2.24) is 0 Å². The lowest BCUT2D eigenvalue weighted by atomic mass is 9.87. The smallest absolute Gasteiger partial charge is 0.225 e. The predicted octanol–water partition coefficient (Wildman–Crippen LogP) is 7.38. The van der Waals surface area contributed by atoms with Gasteiger partial charge in [-0.25, -0.2) is 0 Å². The summed E-state index contributed by atoms with van der Waals surface area (Å²) < 4.78 is 19.1. The molecule has 1 atom stereocenters. The van der Waals surface area contributed by atoms with Gasteiger partial charge in [-0.2, -0.15) is 0 Å². The Kier molecular flexibility index (Phi) is 7.77. The first kappa shape index (κ1) is 26.2. The summed E-state index contributed by atoms with van der Waals surface area (Å²) in [7, 11) is -1.99. The van der Waals surface area contributed by atoms with Crippen LogP contribution in [-0.2, 0) is 9.98 Å². The highest BCUT2D eigenvalue weighted by Gasteiger charge is 2.33. The topological polar surface area (TPSA) is 60.4 Å². The zero-order valence-electron chi connectivity index (χ0n) is 19.8. The molecule has 0 aromatic heterocycles. The Balaban J connectivity index is 1.95. The summed E-state index contributed by atoms with van der Waals surface area (Å²) in [5.74, 6) is -0.192. The second kappa shape index (κ2) is 10.1. The molecule has 0 aliphatic heterocycles. The van der Waals surface area contributed by atoms with Crippen molar-refractivity contribution in [3.63, 3.8) is 0 Å². The van der Waals surface area contributed by atoms with E-state index in [4.69, 9.17) is 27.9 Å². The van der Waals surface area contributed by atoms with Gasteiger partial charge in [0.2, 0.25) is 5.52 Å². The zero-order valence-corrected chi connectivity index (χ0v) is 22.2. The van der Waals surface area contributed by atoms with Gasteiger partial charge >= 0.3 is 0 Å². The average molecular weight is 517 g/mol. The van der Waals surface area contributed by atoms with Crippen molar-refractivity contribution in [2.45, 2.75) is 33.1 Å².